The monoisotopic (exact) mass is 694 g/mol. The molecule has 1 aliphatic rings. The Morgan fingerprint density at radius 1 is 0.854 bits per heavy atom. The highest BCUT2D eigenvalue weighted by atomic mass is 35.5. The molecule has 0 bridgehead atoms. The SMILES string of the molecule is NCCC(NC(=O)CNC(=O)Nc1ccc2c(c1)n(Cc1c(Cl)cccc1Cl)c(=O)n2CCN1CCCC1)C(=O)NCc1ccccc1. The maximum absolute atomic E-state index is 13.8. The third-order valence-corrected chi connectivity index (χ3v) is 9.03. The van der Waals surface area contributed by atoms with Gasteiger partial charge in [0.05, 0.1) is 24.1 Å². The van der Waals surface area contributed by atoms with Gasteiger partial charge in [-0.1, -0.05) is 59.6 Å². The lowest BCUT2D eigenvalue weighted by atomic mass is 10.1. The van der Waals surface area contributed by atoms with Crippen LogP contribution < -0.4 is 32.7 Å². The quantitative estimate of drug-likeness (QED) is 0.136. The number of nitrogens with two attached hydrogens (primary N) is 1. The first kappa shape index (κ1) is 35.0. The van der Waals surface area contributed by atoms with Gasteiger partial charge in [0.2, 0.25) is 11.8 Å². The largest absolute Gasteiger partial charge is 0.350 e. The normalized spacial score (nSPS) is 13.7. The first-order valence-corrected chi connectivity index (χ1v) is 16.7. The van der Waals surface area contributed by atoms with Crippen molar-refractivity contribution in [1.29, 1.82) is 0 Å². The number of fused-ring (bicyclic) bond motifs is 1. The van der Waals surface area contributed by atoms with Gasteiger partial charge in [0, 0.05) is 40.9 Å². The van der Waals surface area contributed by atoms with Gasteiger partial charge >= 0.3 is 11.7 Å². The van der Waals surface area contributed by atoms with E-state index in [1.807, 2.05) is 30.3 Å². The predicted octanol–water partition coefficient (Wildman–Crippen LogP) is 3.53. The molecule has 1 saturated heterocycles. The lowest BCUT2D eigenvalue weighted by Gasteiger charge is -2.18. The van der Waals surface area contributed by atoms with Gasteiger partial charge < -0.3 is 31.9 Å². The van der Waals surface area contributed by atoms with Gasteiger partial charge in [-0.05, 0) is 74.8 Å². The Morgan fingerprint density at radius 2 is 1.58 bits per heavy atom. The number of carbonyl (C=O) groups excluding carboxylic acids is 3. The zero-order valence-electron chi connectivity index (χ0n) is 26.5. The maximum atomic E-state index is 13.8. The summed E-state index contributed by atoms with van der Waals surface area (Å²) in [5, 5.41) is 11.6. The molecule has 1 unspecified atom stereocenters. The molecule has 254 valence electrons. The van der Waals surface area contributed by atoms with Crippen molar-refractivity contribution in [3.8, 4) is 0 Å². The molecule has 4 aromatic rings. The lowest BCUT2D eigenvalue weighted by molar-refractivity contribution is -0.128. The first-order valence-electron chi connectivity index (χ1n) is 16.0. The molecule has 1 aromatic heterocycles. The number of anilines is 1. The number of benzene rings is 3. The van der Waals surface area contributed by atoms with Gasteiger partial charge in [-0.3, -0.25) is 18.7 Å². The Labute approximate surface area is 288 Å². The molecule has 1 atom stereocenters. The van der Waals surface area contributed by atoms with Crippen LogP contribution in [0, 0.1) is 0 Å². The van der Waals surface area contributed by atoms with E-state index in [-0.39, 0.29) is 37.7 Å². The van der Waals surface area contributed by atoms with Crippen molar-refractivity contribution in [2.45, 2.75) is 44.9 Å². The molecule has 3 aromatic carbocycles. The molecular weight excluding hydrogens is 655 g/mol. The molecular formula is C34H40Cl2N8O4. The topological polar surface area (TPSA) is 156 Å². The van der Waals surface area contributed by atoms with Crippen molar-refractivity contribution < 1.29 is 14.4 Å². The molecule has 48 heavy (non-hydrogen) atoms. The molecule has 5 rings (SSSR count). The zero-order chi connectivity index (χ0) is 34.0. The van der Waals surface area contributed by atoms with E-state index < -0.39 is 18.0 Å². The van der Waals surface area contributed by atoms with Crippen LogP contribution >= 0.6 is 23.2 Å². The minimum Gasteiger partial charge on any atom is -0.350 e. The molecule has 4 amide bonds. The number of halogens is 2. The fraction of sp³-hybridized carbons (Fsp3) is 0.353. The third kappa shape index (κ3) is 8.95. The van der Waals surface area contributed by atoms with Crippen LogP contribution in [0.15, 0.2) is 71.5 Å². The zero-order valence-corrected chi connectivity index (χ0v) is 28.0. The molecule has 0 radical (unpaired) electrons. The summed E-state index contributed by atoms with van der Waals surface area (Å²) in [6.07, 6.45) is 2.54. The number of carbonyl (C=O) groups is 3. The Bertz CT molecular complexity index is 1780. The second kappa shape index (κ2) is 16.6. The molecule has 0 saturated carbocycles. The summed E-state index contributed by atoms with van der Waals surface area (Å²) in [6.45, 7) is 3.55. The summed E-state index contributed by atoms with van der Waals surface area (Å²) >= 11 is 12.9. The molecule has 14 heteroatoms. The Kier molecular flexibility index (Phi) is 12.1. The van der Waals surface area contributed by atoms with Crippen molar-refractivity contribution in [2.75, 3.05) is 38.0 Å². The van der Waals surface area contributed by atoms with Crippen LogP contribution in [0.4, 0.5) is 10.5 Å². The van der Waals surface area contributed by atoms with Crippen molar-refractivity contribution in [3.63, 3.8) is 0 Å². The number of hydrogen-bond donors (Lipinski definition) is 5. The third-order valence-electron chi connectivity index (χ3n) is 8.32. The number of nitrogens with one attached hydrogen (secondary N) is 4. The Balaban J connectivity index is 1.25. The fourth-order valence-electron chi connectivity index (χ4n) is 5.78. The van der Waals surface area contributed by atoms with Crippen LogP contribution in [0.25, 0.3) is 11.0 Å². The standard InChI is InChI=1S/C34H40Cl2N8O4/c35-26-9-6-10-27(36)25(26)22-44-30-19-24(11-12-29(30)43(34(44)48)18-17-42-15-4-5-16-42)40-33(47)39-21-31(45)41-28(13-14-37)32(46)38-20-23-7-2-1-3-8-23/h1-3,6-12,19,28H,4-5,13-18,20-22,37H2,(H,38,46)(H,41,45)(H2,39,40,47). The molecule has 0 aliphatic carbocycles. The number of aromatic nitrogens is 2. The van der Waals surface area contributed by atoms with E-state index in [2.05, 4.69) is 26.2 Å². The summed E-state index contributed by atoms with van der Waals surface area (Å²) < 4.78 is 3.34. The minimum absolute atomic E-state index is 0.142. The molecule has 1 aliphatic heterocycles. The average Bonchev–Trinajstić information content (AvgIpc) is 3.69. The van der Waals surface area contributed by atoms with Gasteiger partial charge in [-0.15, -0.1) is 0 Å². The van der Waals surface area contributed by atoms with E-state index in [1.54, 1.807) is 45.5 Å². The molecule has 6 N–H and O–H groups in total. The highest BCUT2D eigenvalue weighted by molar-refractivity contribution is 6.36. The number of rotatable bonds is 14. The molecule has 2 heterocycles. The molecule has 1 fully saturated rings. The number of amides is 4. The van der Waals surface area contributed by atoms with Crippen LogP contribution in [0.5, 0.6) is 0 Å². The summed E-state index contributed by atoms with van der Waals surface area (Å²) in [5.74, 6) is -0.915. The van der Waals surface area contributed by atoms with Gasteiger partial charge in [0.25, 0.3) is 0 Å². The van der Waals surface area contributed by atoms with Crippen LogP contribution in [0.1, 0.15) is 30.4 Å². The predicted molar refractivity (Wildman–Crippen MR) is 188 cm³/mol. The van der Waals surface area contributed by atoms with Gasteiger partial charge in [-0.25, -0.2) is 9.59 Å². The number of hydrogen-bond acceptors (Lipinski definition) is 6. The lowest BCUT2D eigenvalue weighted by Crippen LogP contribution is -2.50. The smallest absolute Gasteiger partial charge is 0.329 e. The van der Waals surface area contributed by atoms with E-state index in [0.29, 0.717) is 45.4 Å². The second-order valence-corrected chi connectivity index (χ2v) is 12.5. The number of urea groups is 1. The summed E-state index contributed by atoms with van der Waals surface area (Å²) in [4.78, 5) is 54.3. The van der Waals surface area contributed by atoms with E-state index >= 15 is 0 Å². The van der Waals surface area contributed by atoms with Crippen molar-refractivity contribution >= 4 is 57.8 Å². The summed E-state index contributed by atoms with van der Waals surface area (Å²) in [5.41, 5.74) is 8.72. The number of nitrogens with zero attached hydrogens (tertiary/aromatic N) is 3. The number of likely N-dealkylation sites (tertiary alicyclic amines) is 1. The number of imidazole rings is 1. The van der Waals surface area contributed by atoms with Crippen molar-refractivity contribution in [3.05, 3.63) is 98.4 Å². The summed E-state index contributed by atoms with van der Waals surface area (Å²) in [6, 6.07) is 18.3. The highest BCUT2D eigenvalue weighted by Crippen LogP contribution is 2.27. The minimum atomic E-state index is -0.851. The van der Waals surface area contributed by atoms with Crippen LogP contribution in [-0.2, 0) is 29.2 Å². The fourth-order valence-corrected chi connectivity index (χ4v) is 6.30. The van der Waals surface area contributed by atoms with Crippen LogP contribution in [-0.4, -0.2) is 70.6 Å². The maximum Gasteiger partial charge on any atom is 0.329 e. The van der Waals surface area contributed by atoms with E-state index in [4.69, 9.17) is 28.9 Å². The van der Waals surface area contributed by atoms with Crippen molar-refractivity contribution in [2.24, 2.45) is 5.73 Å². The Morgan fingerprint density at radius 3 is 2.29 bits per heavy atom. The van der Waals surface area contributed by atoms with Gasteiger partial charge in [0.1, 0.15) is 6.04 Å². The van der Waals surface area contributed by atoms with Gasteiger partial charge in [0.15, 0.2) is 0 Å². The van der Waals surface area contributed by atoms with E-state index in [0.717, 1.165) is 38.0 Å². The van der Waals surface area contributed by atoms with Crippen LogP contribution in [0.3, 0.4) is 0 Å². The van der Waals surface area contributed by atoms with Crippen LogP contribution in [0.2, 0.25) is 10.0 Å². The van der Waals surface area contributed by atoms with Crippen molar-refractivity contribution in [1.82, 2.24) is 30.0 Å². The van der Waals surface area contributed by atoms with Gasteiger partial charge in [-0.2, -0.15) is 0 Å². The average molecular weight is 696 g/mol. The molecule has 0 spiro atoms. The van der Waals surface area contributed by atoms with E-state index in [1.165, 1.54) is 0 Å². The highest BCUT2D eigenvalue weighted by Gasteiger charge is 2.21. The Hall–Kier alpha value is -4.36. The van der Waals surface area contributed by atoms with E-state index in [9.17, 15) is 19.2 Å². The summed E-state index contributed by atoms with van der Waals surface area (Å²) in [7, 11) is 0. The first-order chi connectivity index (χ1) is 23.2. The molecule has 12 nitrogen and oxygen atoms in total. The second-order valence-electron chi connectivity index (χ2n) is 11.7.